The molecule has 0 amide bonds. The first-order valence-corrected chi connectivity index (χ1v) is 10.1. The van der Waals surface area contributed by atoms with Crippen molar-refractivity contribution in [2.45, 2.75) is 53.0 Å². The summed E-state index contributed by atoms with van der Waals surface area (Å²) in [6.07, 6.45) is 7.18. The average Bonchev–Trinajstić information content (AvgIpc) is 2.46. The van der Waals surface area contributed by atoms with Crippen LogP contribution in [-0.4, -0.2) is 18.1 Å². The number of thioether (sulfide) groups is 1. The Morgan fingerprint density at radius 2 is 1.96 bits per heavy atom. The maximum absolute atomic E-state index is 6.43. The predicted molar refractivity (Wildman–Crippen MR) is 108 cm³/mol. The Labute approximate surface area is 152 Å². The van der Waals surface area contributed by atoms with Crippen LogP contribution >= 0.6 is 23.4 Å². The summed E-state index contributed by atoms with van der Waals surface area (Å²) in [6.45, 7) is 12.7. The molecule has 2 N–H and O–H groups in total. The first-order chi connectivity index (χ1) is 10.7. The maximum Gasteiger partial charge on any atom is 0.0438 e. The van der Waals surface area contributed by atoms with Gasteiger partial charge in [-0.05, 0) is 72.3 Å². The zero-order chi connectivity index (χ0) is 17.6. The molecule has 0 radical (unpaired) electrons. The highest BCUT2D eigenvalue weighted by Crippen LogP contribution is 2.30. The summed E-state index contributed by atoms with van der Waals surface area (Å²) in [7, 11) is 0. The van der Waals surface area contributed by atoms with Crippen molar-refractivity contribution in [2.75, 3.05) is 12.0 Å². The van der Waals surface area contributed by atoms with E-state index < -0.39 is 0 Å². The summed E-state index contributed by atoms with van der Waals surface area (Å²) < 4.78 is 0. The Bertz CT molecular complexity index is 519. The van der Waals surface area contributed by atoms with Gasteiger partial charge in [0.1, 0.15) is 0 Å². The second-order valence-electron chi connectivity index (χ2n) is 7.54. The Balaban J connectivity index is 3.12. The summed E-state index contributed by atoms with van der Waals surface area (Å²) in [5, 5.41) is 0.856. The molecule has 0 saturated heterocycles. The molecule has 1 aromatic rings. The fraction of sp³-hybridized carbons (Fsp3) is 0.600. The van der Waals surface area contributed by atoms with Gasteiger partial charge in [-0.3, -0.25) is 0 Å². The van der Waals surface area contributed by atoms with Crippen molar-refractivity contribution in [1.29, 1.82) is 0 Å². The van der Waals surface area contributed by atoms with E-state index in [9.17, 15) is 0 Å². The Kier molecular flexibility index (Phi) is 8.20. The van der Waals surface area contributed by atoms with Crippen molar-refractivity contribution in [3.05, 3.63) is 46.5 Å². The fourth-order valence-electron chi connectivity index (χ4n) is 2.77. The molecule has 1 rings (SSSR count). The lowest BCUT2D eigenvalue weighted by Gasteiger charge is -2.29. The normalized spacial score (nSPS) is 14.6. The van der Waals surface area contributed by atoms with E-state index in [-0.39, 0.29) is 11.5 Å². The van der Waals surface area contributed by atoms with Gasteiger partial charge in [0.25, 0.3) is 0 Å². The highest BCUT2D eigenvalue weighted by Gasteiger charge is 2.23. The molecule has 23 heavy (non-hydrogen) atoms. The third-order valence-corrected chi connectivity index (χ3v) is 5.79. The lowest BCUT2D eigenvalue weighted by atomic mass is 9.81. The highest BCUT2D eigenvalue weighted by atomic mass is 35.5. The van der Waals surface area contributed by atoms with Crippen molar-refractivity contribution in [3.63, 3.8) is 0 Å². The average molecular weight is 354 g/mol. The van der Waals surface area contributed by atoms with E-state index in [1.54, 1.807) is 0 Å². The van der Waals surface area contributed by atoms with E-state index in [2.05, 4.69) is 46.6 Å². The summed E-state index contributed by atoms with van der Waals surface area (Å²) >= 11 is 8.29. The monoisotopic (exact) mass is 353 g/mol. The van der Waals surface area contributed by atoms with E-state index >= 15 is 0 Å². The summed E-state index contributed by atoms with van der Waals surface area (Å²) in [5.74, 6) is 1.74. The van der Waals surface area contributed by atoms with Gasteiger partial charge in [-0.25, -0.2) is 0 Å². The number of hydrogen-bond acceptors (Lipinski definition) is 2. The van der Waals surface area contributed by atoms with Crippen LogP contribution in [0.5, 0.6) is 0 Å². The molecule has 3 heteroatoms. The van der Waals surface area contributed by atoms with Gasteiger partial charge in [-0.2, -0.15) is 11.8 Å². The van der Waals surface area contributed by atoms with Crippen molar-refractivity contribution >= 4 is 23.4 Å². The zero-order valence-electron chi connectivity index (χ0n) is 15.3. The molecule has 0 aliphatic carbocycles. The molecule has 0 saturated carbocycles. The molecule has 0 aromatic heterocycles. The number of nitrogens with two attached hydrogens (primary N) is 1. The maximum atomic E-state index is 6.43. The molecule has 130 valence electrons. The lowest BCUT2D eigenvalue weighted by molar-refractivity contribution is 0.318. The van der Waals surface area contributed by atoms with Crippen LogP contribution in [-0.2, 0) is 12.8 Å². The van der Waals surface area contributed by atoms with Gasteiger partial charge >= 0.3 is 0 Å². The van der Waals surface area contributed by atoms with E-state index in [0.29, 0.717) is 5.92 Å². The van der Waals surface area contributed by atoms with Crippen molar-refractivity contribution in [2.24, 2.45) is 17.1 Å². The minimum absolute atomic E-state index is 0.102. The van der Waals surface area contributed by atoms with Crippen LogP contribution in [0.2, 0.25) is 5.02 Å². The lowest BCUT2D eigenvalue weighted by Crippen LogP contribution is -2.37. The van der Waals surface area contributed by atoms with E-state index in [4.69, 9.17) is 17.3 Å². The molecule has 0 spiro atoms. The zero-order valence-corrected chi connectivity index (χ0v) is 16.9. The van der Waals surface area contributed by atoms with Crippen LogP contribution in [0.4, 0.5) is 0 Å². The molecule has 0 heterocycles. The standard InChI is InChI=1S/C20H32ClNS/c1-7-8-15(13-23-6)11-17-14(2)18(21)10-9-16(17)12-19(22)20(3,4)5/h7,9-10,15,19H,1,8,11-13,22H2,2-6H3. The molecule has 2 unspecified atom stereocenters. The summed E-state index contributed by atoms with van der Waals surface area (Å²) in [4.78, 5) is 0. The minimum atomic E-state index is 0.102. The molecule has 2 atom stereocenters. The quantitative estimate of drug-likeness (QED) is 0.610. The van der Waals surface area contributed by atoms with Crippen LogP contribution in [0.3, 0.4) is 0 Å². The molecule has 0 aliphatic rings. The molecular formula is C20H32ClNS. The Morgan fingerprint density at radius 3 is 2.48 bits per heavy atom. The first kappa shape index (κ1) is 20.6. The number of allylic oxidation sites excluding steroid dienone is 1. The third-order valence-electron chi connectivity index (χ3n) is 4.58. The Hall–Kier alpha value is -0.440. The number of hydrogen-bond donors (Lipinski definition) is 1. The second kappa shape index (κ2) is 9.15. The molecule has 0 bridgehead atoms. The van der Waals surface area contributed by atoms with Crippen molar-refractivity contribution in [1.82, 2.24) is 0 Å². The van der Waals surface area contributed by atoms with Gasteiger partial charge in [0.2, 0.25) is 0 Å². The molecular weight excluding hydrogens is 322 g/mol. The van der Waals surface area contributed by atoms with Gasteiger partial charge in [-0.15, -0.1) is 6.58 Å². The summed E-state index contributed by atoms with van der Waals surface area (Å²) in [5.41, 5.74) is 10.5. The number of benzene rings is 1. The molecule has 1 nitrogen and oxygen atoms in total. The fourth-order valence-corrected chi connectivity index (χ4v) is 3.68. The van der Waals surface area contributed by atoms with Gasteiger partial charge in [0.15, 0.2) is 0 Å². The van der Waals surface area contributed by atoms with Crippen LogP contribution in [0.15, 0.2) is 24.8 Å². The van der Waals surface area contributed by atoms with Crippen molar-refractivity contribution < 1.29 is 0 Å². The number of halogens is 1. The van der Waals surface area contributed by atoms with E-state index in [0.717, 1.165) is 30.0 Å². The van der Waals surface area contributed by atoms with E-state index in [1.165, 1.54) is 16.7 Å². The topological polar surface area (TPSA) is 26.0 Å². The van der Waals surface area contributed by atoms with Gasteiger partial charge < -0.3 is 5.73 Å². The van der Waals surface area contributed by atoms with Gasteiger partial charge in [0.05, 0.1) is 0 Å². The Morgan fingerprint density at radius 1 is 1.30 bits per heavy atom. The number of rotatable bonds is 8. The third kappa shape index (κ3) is 6.17. The molecule has 1 aromatic carbocycles. The second-order valence-corrected chi connectivity index (χ2v) is 8.85. The molecule has 0 aliphatic heterocycles. The van der Waals surface area contributed by atoms with Crippen molar-refractivity contribution in [3.8, 4) is 0 Å². The molecule has 0 fully saturated rings. The SMILES string of the molecule is C=CCC(CSC)Cc1c(CC(N)C(C)(C)C)ccc(Cl)c1C. The minimum Gasteiger partial charge on any atom is -0.327 e. The van der Waals surface area contributed by atoms with Gasteiger partial charge in [0, 0.05) is 11.1 Å². The van der Waals surface area contributed by atoms with Crippen LogP contribution < -0.4 is 5.73 Å². The van der Waals surface area contributed by atoms with E-state index in [1.807, 2.05) is 23.9 Å². The highest BCUT2D eigenvalue weighted by molar-refractivity contribution is 7.98. The first-order valence-electron chi connectivity index (χ1n) is 8.33. The van der Waals surface area contributed by atoms with Crippen LogP contribution in [0, 0.1) is 18.3 Å². The van der Waals surface area contributed by atoms with Crippen LogP contribution in [0.1, 0.15) is 43.9 Å². The van der Waals surface area contributed by atoms with Gasteiger partial charge in [-0.1, -0.05) is 44.5 Å². The van der Waals surface area contributed by atoms with Crippen LogP contribution in [0.25, 0.3) is 0 Å². The predicted octanol–water partition coefficient (Wildman–Crippen LogP) is 5.66. The smallest absolute Gasteiger partial charge is 0.0438 e. The summed E-state index contributed by atoms with van der Waals surface area (Å²) in [6, 6.07) is 4.32. The largest absolute Gasteiger partial charge is 0.327 e.